The summed E-state index contributed by atoms with van der Waals surface area (Å²) in [7, 11) is 1.84. The molecule has 0 aromatic carbocycles. The molecule has 2 N–H and O–H groups in total. The summed E-state index contributed by atoms with van der Waals surface area (Å²) in [6.07, 6.45) is 3.72. The summed E-state index contributed by atoms with van der Waals surface area (Å²) in [6, 6.07) is 0.423. The van der Waals surface area contributed by atoms with Crippen LogP contribution >= 0.6 is 11.3 Å². The van der Waals surface area contributed by atoms with Crippen LogP contribution in [0.1, 0.15) is 58.2 Å². The fraction of sp³-hybridized carbons (Fsp3) is 0.800. The molecule has 146 valence electrons. The first-order valence-corrected chi connectivity index (χ1v) is 10.6. The minimum absolute atomic E-state index is 0.119. The summed E-state index contributed by atoms with van der Waals surface area (Å²) in [6.45, 7) is 13.0. The second kappa shape index (κ2) is 7.47. The molecule has 2 aliphatic rings. The van der Waals surface area contributed by atoms with Gasteiger partial charge in [0.15, 0.2) is 5.96 Å². The number of aromatic nitrogens is 1. The minimum atomic E-state index is 0.119. The number of nitrogens with one attached hydrogen (secondary N) is 2. The van der Waals surface area contributed by atoms with Crippen LogP contribution in [0.3, 0.4) is 0 Å². The second-order valence-corrected chi connectivity index (χ2v) is 10.1. The van der Waals surface area contributed by atoms with E-state index in [1.807, 2.05) is 7.05 Å². The number of guanidine groups is 1. The van der Waals surface area contributed by atoms with E-state index in [4.69, 9.17) is 9.72 Å². The van der Waals surface area contributed by atoms with Crippen molar-refractivity contribution in [2.75, 3.05) is 20.2 Å². The van der Waals surface area contributed by atoms with E-state index in [-0.39, 0.29) is 10.8 Å². The van der Waals surface area contributed by atoms with Gasteiger partial charge in [-0.25, -0.2) is 4.98 Å². The van der Waals surface area contributed by atoms with E-state index in [0.717, 1.165) is 25.5 Å². The molecule has 1 aliphatic carbocycles. The van der Waals surface area contributed by atoms with Gasteiger partial charge >= 0.3 is 0 Å². The van der Waals surface area contributed by atoms with Crippen molar-refractivity contribution < 1.29 is 4.74 Å². The predicted molar refractivity (Wildman–Crippen MR) is 109 cm³/mol. The quantitative estimate of drug-likeness (QED) is 0.623. The molecule has 1 aliphatic heterocycles. The van der Waals surface area contributed by atoms with Crippen LogP contribution in [-0.2, 0) is 16.6 Å². The van der Waals surface area contributed by atoms with Gasteiger partial charge in [0.05, 0.1) is 16.8 Å². The van der Waals surface area contributed by atoms with Crippen molar-refractivity contribution in [1.29, 1.82) is 0 Å². The maximum atomic E-state index is 6.00. The highest BCUT2D eigenvalue weighted by atomic mass is 32.1. The smallest absolute Gasteiger partial charge is 0.191 e. The Balaban J connectivity index is 1.50. The second-order valence-electron chi connectivity index (χ2n) is 9.17. The number of ether oxygens (including phenoxy) is 1. The highest BCUT2D eigenvalue weighted by molar-refractivity contribution is 7.09. The van der Waals surface area contributed by atoms with Crippen LogP contribution in [0, 0.1) is 11.3 Å². The maximum absolute atomic E-state index is 6.00. The molecule has 6 heteroatoms. The van der Waals surface area contributed by atoms with Crippen molar-refractivity contribution in [2.45, 2.75) is 71.4 Å². The topological polar surface area (TPSA) is 58.5 Å². The maximum Gasteiger partial charge on any atom is 0.191 e. The van der Waals surface area contributed by atoms with Gasteiger partial charge in [-0.2, -0.15) is 0 Å². The summed E-state index contributed by atoms with van der Waals surface area (Å²) < 4.78 is 6.00. The van der Waals surface area contributed by atoms with Crippen molar-refractivity contribution in [3.05, 3.63) is 16.1 Å². The number of rotatable bonds is 4. The molecule has 2 heterocycles. The fourth-order valence-corrected chi connectivity index (χ4v) is 5.24. The zero-order chi connectivity index (χ0) is 18.9. The molecular weight excluding hydrogens is 344 g/mol. The molecule has 0 radical (unpaired) electrons. The normalized spacial score (nSPS) is 28.2. The summed E-state index contributed by atoms with van der Waals surface area (Å²) in [5.41, 5.74) is 1.45. The zero-order valence-corrected chi connectivity index (χ0v) is 17.9. The van der Waals surface area contributed by atoms with Gasteiger partial charge in [0, 0.05) is 54.8 Å². The zero-order valence-electron chi connectivity index (χ0n) is 17.1. The number of hydrogen-bond donors (Lipinski definition) is 2. The Morgan fingerprint density at radius 1 is 1.42 bits per heavy atom. The molecule has 1 saturated carbocycles. The van der Waals surface area contributed by atoms with E-state index in [9.17, 15) is 0 Å². The van der Waals surface area contributed by atoms with Crippen LogP contribution in [0.5, 0.6) is 0 Å². The molecule has 5 nitrogen and oxygen atoms in total. The first kappa shape index (κ1) is 19.6. The summed E-state index contributed by atoms with van der Waals surface area (Å²) in [5, 5.41) is 10.5. The Morgan fingerprint density at radius 2 is 2.19 bits per heavy atom. The van der Waals surface area contributed by atoms with E-state index < -0.39 is 0 Å². The lowest BCUT2D eigenvalue weighted by Gasteiger charge is -2.60. The molecule has 0 spiro atoms. The Morgan fingerprint density at radius 3 is 2.85 bits per heavy atom. The van der Waals surface area contributed by atoms with Crippen molar-refractivity contribution in [3.8, 4) is 0 Å². The van der Waals surface area contributed by atoms with Gasteiger partial charge in [0.25, 0.3) is 0 Å². The Kier molecular flexibility index (Phi) is 5.63. The van der Waals surface area contributed by atoms with Gasteiger partial charge < -0.3 is 15.4 Å². The molecule has 26 heavy (non-hydrogen) atoms. The lowest BCUT2D eigenvalue weighted by molar-refractivity contribution is -0.188. The van der Waals surface area contributed by atoms with Gasteiger partial charge in [-0.3, -0.25) is 4.99 Å². The number of hydrogen-bond acceptors (Lipinski definition) is 4. The summed E-state index contributed by atoms with van der Waals surface area (Å²) in [5.74, 6) is 1.49. The summed E-state index contributed by atoms with van der Waals surface area (Å²) >= 11 is 1.75. The van der Waals surface area contributed by atoms with E-state index in [1.165, 1.54) is 23.5 Å². The molecule has 0 bridgehead atoms. The molecule has 3 rings (SSSR count). The molecule has 1 aromatic heterocycles. The molecule has 3 unspecified atom stereocenters. The minimum Gasteiger partial charge on any atom is -0.377 e. The molecule has 1 saturated heterocycles. The first-order chi connectivity index (χ1) is 12.2. The van der Waals surface area contributed by atoms with Crippen LogP contribution in [0.2, 0.25) is 0 Å². The van der Waals surface area contributed by atoms with E-state index >= 15 is 0 Å². The SMILES string of the molecule is CN=C(NCCc1nc(C(C)(C)C)cs1)NC1C2CCCOC2C1(C)C. The monoisotopic (exact) mass is 378 g/mol. The molecule has 3 atom stereocenters. The molecule has 0 amide bonds. The van der Waals surface area contributed by atoms with Crippen molar-refractivity contribution in [2.24, 2.45) is 16.3 Å². The lowest BCUT2D eigenvalue weighted by atomic mass is 9.55. The largest absolute Gasteiger partial charge is 0.377 e. The first-order valence-electron chi connectivity index (χ1n) is 9.77. The van der Waals surface area contributed by atoms with Crippen LogP contribution in [0.25, 0.3) is 0 Å². The van der Waals surface area contributed by atoms with Crippen LogP contribution in [-0.4, -0.2) is 43.3 Å². The Hall–Kier alpha value is -1.14. The van der Waals surface area contributed by atoms with Gasteiger partial charge in [-0.1, -0.05) is 34.6 Å². The third kappa shape index (κ3) is 3.91. The number of nitrogens with zero attached hydrogens (tertiary/aromatic N) is 2. The number of fused-ring (bicyclic) bond motifs is 1. The summed E-state index contributed by atoms with van der Waals surface area (Å²) in [4.78, 5) is 9.20. The molecule has 2 fully saturated rings. The van der Waals surface area contributed by atoms with Crippen LogP contribution in [0.15, 0.2) is 10.4 Å². The lowest BCUT2D eigenvalue weighted by Crippen LogP contribution is -2.71. The van der Waals surface area contributed by atoms with Gasteiger partial charge in [-0.05, 0) is 12.8 Å². The van der Waals surface area contributed by atoms with Gasteiger partial charge in [-0.15, -0.1) is 11.3 Å². The highest BCUT2D eigenvalue weighted by Crippen LogP contribution is 2.51. The third-order valence-electron chi connectivity index (χ3n) is 5.80. The molecule has 1 aromatic rings. The Labute approximate surface area is 162 Å². The van der Waals surface area contributed by atoms with Crippen molar-refractivity contribution >= 4 is 17.3 Å². The average molecular weight is 379 g/mol. The van der Waals surface area contributed by atoms with Crippen LogP contribution in [0.4, 0.5) is 0 Å². The Bertz CT molecular complexity index is 646. The highest BCUT2D eigenvalue weighted by Gasteiger charge is 2.58. The average Bonchev–Trinajstić information content (AvgIpc) is 3.07. The van der Waals surface area contributed by atoms with E-state index in [2.05, 4.69) is 55.6 Å². The standard InChI is InChI=1S/C20H34N4OS/c1-19(2,3)14-12-26-15(23-14)9-10-22-18(21-6)24-16-13-8-7-11-25-17(13)20(16,4)5/h12-13,16-17H,7-11H2,1-6H3,(H2,21,22,24). The van der Waals surface area contributed by atoms with E-state index in [0.29, 0.717) is 18.1 Å². The van der Waals surface area contributed by atoms with Gasteiger partial charge in [0.1, 0.15) is 0 Å². The van der Waals surface area contributed by atoms with Gasteiger partial charge in [0.2, 0.25) is 0 Å². The fourth-order valence-electron chi connectivity index (χ4n) is 4.22. The number of thiazole rings is 1. The number of aliphatic imine (C=N–C) groups is 1. The van der Waals surface area contributed by atoms with E-state index in [1.54, 1.807) is 11.3 Å². The van der Waals surface area contributed by atoms with Crippen molar-refractivity contribution in [1.82, 2.24) is 15.6 Å². The third-order valence-corrected chi connectivity index (χ3v) is 6.71. The van der Waals surface area contributed by atoms with Crippen molar-refractivity contribution in [3.63, 3.8) is 0 Å². The predicted octanol–water partition coefficient (Wildman–Crippen LogP) is 3.35. The molecular formula is C20H34N4OS. The van der Waals surface area contributed by atoms with Crippen LogP contribution < -0.4 is 10.6 Å².